The average Bonchev–Trinajstić information content (AvgIpc) is 2.83. The van der Waals surface area contributed by atoms with Crippen molar-refractivity contribution in [3.63, 3.8) is 0 Å². The second-order valence-corrected chi connectivity index (χ2v) is 7.95. The molecule has 0 saturated carbocycles. The molecule has 0 bridgehead atoms. The number of halogens is 1. The van der Waals surface area contributed by atoms with Crippen molar-refractivity contribution in [1.82, 2.24) is 0 Å². The number of aliphatic hydroxyl groups is 1. The zero-order valence-electron chi connectivity index (χ0n) is 13.0. The van der Waals surface area contributed by atoms with Crippen molar-refractivity contribution >= 4 is 30.3 Å². The molecule has 0 amide bonds. The van der Waals surface area contributed by atoms with Gasteiger partial charge in [0.2, 0.25) is 0 Å². The van der Waals surface area contributed by atoms with Gasteiger partial charge in [0.05, 0.1) is 7.11 Å². The summed E-state index contributed by atoms with van der Waals surface area (Å²) < 4.78 is 9.95. The van der Waals surface area contributed by atoms with E-state index in [0.717, 1.165) is 39.1 Å². The molecule has 2 aliphatic rings. The summed E-state index contributed by atoms with van der Waals surface area (Å²) in [6.07, 6.45) is 2.14. The first kappa shape index (κ1) is 14.8. The predicted molar refractivity (Wildman–Crippen MR) is 104 cm³/mol. The highest BCUT2D eigenvalue weighted by molar-refractivity contribution is 14.2. The van der Waals surface area contributed by atoms with E-state index in [4.69, 9.17) is 4.74 Å². The van der Waals surface area contributed by atoms with E-state index in [2.05, 4.69) is 38.4 Å². The molecule has 4 rings (SSSR count). The van der Waals surface area contributed by atoms with E-state index in [1.807, 2.05) is 25.1 Å². The number of rotatable bonds is 2. The van der Waals surface area contributed by atoms with Crippen LogP contribution in [0.25, 0.3) is 16.7 Å². The monoisotopic (exact) mass is 416 g/mol. The van der Waals surface area contributed by atoms with Crippen LogP contribution in [0.1, 0.15) is 23.6 Å². The van der Waals surface area contributed by atoms with Gasteiger partial charge in [-0.1, -0.05) is 57.1 Å². The minimum absolute atomic E-state index is 0.0523. The Hall–Kier alpha value is -1.72. The predicted octanol–water partition coefficient (Wildman–Crippen LogP) is 4.58. The lowest BCUT2D eigenvalue weighted by Gasteiger charge is -2.21. The van der Waals surface area contributed by atoms with Gasteiger partial charge in [0.25, 0.3) is 0 Å². The quantitative estimate of drug-likeness (QED) is 0.727. The molecular weight excluding hydrogens is 399 g/mol. The molecule has 23 heavy (non-hydrogen) atoms. The van der Waals surface area contributed by atoms with Crippen molar-refractivity contribution in [1.29, 1.82) is 0 Å². The normalized spacial score (nSPS) is 21.7. The smallest absolute Gasteiger partial charge is 0.132 e. The van der Waals surface area contributed by atoms with Gasteiger partial charge in [-0.2, -0.15) is 0 Å². The molecule has 0 fully saturated rings. The van der Waals surface area contributed by atoms with E-state index in [0.29, 0.717) is 0 Å². The molecule has 2 nitrogen and oxygen atoms in total. The lowest BCUT2D eigenvalue weighted by Crippen LogP contribution is -2.19. The van der Waals surface area contributed by atoms with Gasteiger partial charge in [0, 0.05) is 9.66 Å². The van der Waals surface area contributed by atoms with Gasteiger partial charge in [-0.3, -0.25) is 0 Å². The fourth-order valence-corrected chi connectivity index (χ4v) is 5.05. The summed E-state index contributed by atoms with van der Waals surface area (Å²) in [5, 5.41) is 11.1. The largest absolute Gasteiger partial charge is 0.496 e. The maximum Gasteiger partial charge on any atom is 0.132 e. The highest BCUT2D eigenvalue weighted by Gasteiger charge is 2.37. The van der Waals surface area contributed by atoms with Crippen LogP contribution in [0.3, 0.4) is 0 Å². The van der Waals surface area contributed by atoms with Crippen molar-refractivity contribution in [2.75, 3.05) is 7.11 Å². The molecule has 3 heteroatoms. The summed E-state index contributed by atoms with van der Waals surface area (Å²) in [5.41, 5.74) is 5.40. The Kier molecular flexibility index (Phi) is 3.50. The van der Waals surface area contributed by atoms with Crippen LogP contribution in [0.5, 0.6) is 0 Å². The molecule has 2 aromatic carbocycles. The second kappa shape index (κ2) is 5.42. The summed E-state index contributed by atoms with van der Waals surface area (Å²) in [6, 6.07) is 14.4. The van der Waals surface area contributed by atoms with Crippen molar-refractivity contribution < 1.29 is 9.84 Å². The lowest BCUT2D eigenvalue weighted by atomic mass is 9.91. The Morgan fingerprint density at radius 2 is 1.83 bits per heavy atom. The fourth-order valence-electron chi connectivity index (χ4n) is 3.36. The summed E-state index contributed by atoms with van der Waals surface area (Å²) >= 11 is -0.0523. The summed E-state index contributed by atoms with van der Waals surface area (Å²) in [7, 11) is 1.72. The van der Waals surface area contributed by atoms with Crippen LogP contribution in [0, 0.1) is 0 Å². The molecule has 1 atom stereocenters. The van der Waals surface area contributed by atoms with Crippen LogP contribution >= 0.6 is 20.7 Å². The average molecular weight is 416 g/mol. The van der Waals surface area contributed by atoms with Crippen LogP contribution < -0.4 is 0 Å². The minimum atomic E-state index is -0.954. The third kappa shape index (κ3) is 2.22. The third-order valence-corrected chi connectivity index (χ3v) is 6.25. The fraction of sp³-hybridized carbons (Fsp3) is 0.150. The van der Waals surface area contributed by atoms with Gasteiger partial charge in [-0.15, -0.1) is 0 Å². The topological polar surface area (TPSA) is 29.5 Å². The van der Waals surface area contributed by atoms with E-state index in [1.54, 1.807) is 7.11 Å². The van der Waals surface area contributed by atoms with Crippen LogP contribution in [-0.2, 0) is 10.3 Å². The van der Waals surface area contributed by atoms with Crippen LogP contribution in [0.2, 0.25) is 0 Å². The minimum Gasteiger partial charge on any atom is -0.496 e. The summed E-state index contributed by atoms with van der Waals surface area (Å²) in [6.45, 7) is 1.88. The Morgan fingerprint density at radius 1 is 1.04 bits per heavy atom. The first-order valence-corrected chi connectivity index (χ1v) is 9.99. The van der Waals surface area contributed by atoms with Gasteiger partial charge in [-0.25, -0.2) is 0 Å². The van der Waals surface area contributed by atoms with Crippen molar-refractivity contribution in [2.24, 2.45) is 0 Å². The second-order valence-electron chi connectivity index (χ2n) is 5.89. The van der Waals surface area contributed by atoms with E-state index in [1.165, 1.54) is 0 Å². The summed E-state index contributed by atoms with van der Waals surface area (Å²) in [5.74, 6) is 0.940. The zero-order valence-corrected chi connectivity index (χ0v) is 15.2. The number of allylic oxidation sites excluding steroid dienone is 2. The Labute approximate surface area is 145 Å². The zero-order chi connectivity index (χ0) is 16.0. The Morgan fingerprint density at radius 3 is 2.65 bits per heavy atom. The van der Waals surface area contributed by atoms with Gasteiger partial charge in [0.1, 0.15) is 11.4 Å². The number of methoxy groups -OCH3 is 1. The molecule has 1 heterocycles. The van der Waals surface area contributed by atoms with Gasteiger partial charge < -0.3 is 9.84 Å². The lowest BCUT2D eigenvalue weighted by molar-refractivity contribution is 0.107. The number of fused-ring (bicyclic) bond motifs is 3. The standard InChI is InChI=1S/C20H17IO2/c1-20(22)17-6-4-3-5-15(17)16-8-7-13(11-18(16)20)14-9-10-21-12-19(14)23-2/h3-12,22H,1-2H3. The molecule has 116 valence electrons. The van der Waals surface area contributed by atoms with Crippen molar-refractivity contribution in [3.8, 4) is 11.1 Å². The number of hydrogen-bond acceptors (Lipinski definition) is 2. The highest BCUT2D eigenvalue weighted by atomic mass is 127. The van der Waals surface area contributed by atoms with Gasteiger partial charge >= 0.3 is 0 Å². The highest BCUT2D eigenvalue weighted by Crippen LogP contribution is 2.48. The SMILES string of the molecule is COC1=CI=CC=C1c1ccc2c(c1)C(C)(O)c1ccccc1-2. The van der Waals surface area contributed by atoms with Gasteiger partial charge in [-0.05, 0) is 50.9 Å². The first-order chi connectivity index (χ1) is 11.1. The van der Waals surface area contributed by atoms with Crippen molar-refractivity contribution in [3.05, 3.63) is 75.1 Å². The van der Waals surface area contributed by atoms with E-state index in [-0.39, 0.29) is 20.7 Å². The Bertz CT molecular complexity index is 888. The number of benzene rings is 2. The molecule has 1 unspecified atom stereocenters. The molecule has 2 aromatic rings. The molecule has 1 aliphatic heterocycles. The first-order valence-electron chi connectivity index (χ1n) is 7.50. The molecule has 0 aromatic heterocycles. The van der Waals surface area contributed by atoms with Gasteiger partial charge in [0.15, 0.2) is 0 Å². The molecule has 0 radical (unpaired) electrons. The molecule has 0 spiro atoms. The van der Waals surface area contributed by atoms with E-state index >= 15 is 0 Å². The number of ether oxygens (including phenoxy) is 1. The summed E-state index contributed by atoms with van der Waals surface area (Å²) in [4.78, 5) is 0. The molecular formula is C20H17IO2. The van der Waals surface area contributed by atoms with E-state index in [9.17, 15) is 5.11 Å². The molecule has 1 aliphatic carbocycles. The molecule has 0 saturated heterocycles. The van der Waals surface area contributed by atoms with Crippen molar-refractivity contribution in [2.45, 2.75) is 12.5 Å². The Balaban J connectivity index is 1.89. The maximum atomic E-state index is 11.1. The van der Waals surface area contributed by atoms with Crippen LogP contribution in [0.4, 0.5) is 0 Å². The number of hydrogen-bond donors (Lipinski definition) is 1. The van der Waals surface area contributed by atoms with Crippen LogP contribution in [-0.4, -0.2) is 16.2 Å². The van der Waals surface area contributed by atoms with E-state index < -0.39 is 5.60 Å². The molecule has 1 N–H and O–H groups in total. The van der Waals surface area contributed by atoms with Crippen LogP contribution in [0.15, 0.2) is 58.4 Å². The third-order valence-electron chi connectivity index (χ3n) is 4.55. The maximum absolute atomic E-state index is 11.1.